The molecule has 121 valence electrons. The van der Waals surface area contributed by atoms with Gasteiger partial charge in [0.2, 0.25) is 0 Å². The van der Waals surface area contributed by atoms with Crippen molar-refractivity contribution in [3.63, 3.8) is 0 Å². The maximum atomic E-state index is 10.6. The fourth-order valence-electron chi connectivity index (χ4n) is 1.48. The van der Waals surface area contributed by atoms with Gasteiger partial charge in [-0.15, -0.1) is 0 Å². The normalized spacial score (nSPS) is 10.2. The Labute approximate surface area is 130 Å². The molecule has 0 atom stereocenters. The van der Waals surface area contributed by atoms with Crippen molar-refractivity contribution in [2.24, 2.45) is 0 Å². The average molecular weight is 351 g/mol. The molecule has 1 radical (unpaired) electrons. The molecule has 0 spiro atoms. The van der Waals surface area contributed by atoms with Gasteiger partial charge in [0.05, 0.1) is 26.2 Å². The number of hydrogen-bond acceptors (Lipinski definition) is 6. The molecule has 0 fully saturated rings. The first-order chi connectivity index (χ1) is 9.20. The van der Waals surface area contributed by atoms with Gasteiger partial charge in [-0.25, -0.2) is 0 Å². The molecule has 21 heavy (non-hydrogen) atoms. The van der Waals surface area contributed by atoms with Crippen LogP contribution in [0.2, 0.25) is 0 Å². The summed E-state index contributed by atoms with van der Waals surface area (Å²) in [5.74, 6) is -4.91. The van der Waals surface area contributed by atoms with E-state index in [4.69, 9.17) is 20.4 Å². The summed E-state index contributed by atoms with van der Waals surface area (Å²) in [5.41, 5.74) is 0. The number of carboxylic acids is 4. The molecule has 0 unspecified atom stereocenters. The molecule has 11 heteroatoms. The van der Waals surface area contributed by atoms with E-state index in [-0.39, 0.29) is 29.9 Å². The molecule has 0 aromatic heterocycles. The fourth-order valence-corrected chi connectivity index (χ4v) is 1.48. The Hall–Kier alpha value is -1.69. The predicted octanol–water partition coefficient (Wildman–Crippen LogP) is -2.07. The summed E-state index contributed by atoms with van der Waals surface area (Å²) in [6.45, 7) is -2.25. The first-order valence-electron chi connectivity index (χ1n) is 5.52. The third-order valence-corrected chi connectivity index (χ3v) is 2.17. The molecule has 0 bridgehead atoms. The summed E-state index contributed by atoms with van der Waals surface area (Å²) in [4.78, 5) is 44.4. The van der Waals surface area contributed by atoms with Gasteiger partial charge < -0.3 is 20.4 Å². The van der Waals surface area contributed by atoms with Crippen LogP contribution in [0.1, 0.15) is 0 Å². The van der Waals surface area contributed by atoms with Gasteiger partial charge in [-0.2, -0.15) is 0 Å². The Morgan fingerprint density at radius 1 is 0.571 bits per heavy atom. The van der Waals surface area contributed by atoms with Gasteiger partial charge in [0, 0.05) is 13.1 Å². The summed E-state index contributed by atoms with van der Waals surface area (Å²) in [6, 6.07) is 0. The fraction of sp³-hybridized carbons (Fsp3) is 0.600. The number of carboxylic acid groups (broad SMARTS) is 4. The quantitative estimate of drug-likeness (QED) is 0.326. The van der Waals surface area contributed by atoms with E-state index in [1.807, 2.05) is 0 Å². The molecule has 0 heterocycles. The van der Waals surface area contributed by atoms with Crippen LogP contribution in [0, 0.1) is 0 Å². The minimum absolute atomic E-state index is 0. The van der Waals surface area contributed by atoms with Crippen molar-refractivity contribution in [3.05, 3.63) is 0 Å². The van der Waals surface area contributed by atoms with Gasteiger partial charge >= 0.3 is 40.7 Å². The molecule has 0 aliphatic carbocycles. The minimum Gasteiger partial charge on any atom is -0.480 e. The molecule has 0 aromatic rings. The summed E-state index contributed by atoms with van der Waals surface area (Å²) in [6.07, 6.45) is 0. The molecule has 10 nitrogen and oxygen atoms in total. The van der Waals surface area contributed by atoms with Crippen LogP contribution in [0.4, 0.5) is 0 Å². The van der Waals surface area contributed by atoms with Crippen LogP contribution < -0.4 is 0 Å². The van der Waals surface area contributed by atoms with Crippen LogP contribution in [0.3, 0.4) is 0 Å². The minimum atomic E-state index is -1.23. The average Bonchev–Trinajstić information content (AvgIpc) is 2.22. The second-order valence-corrected chi connectivity index (χ2v) is 4.00. The number of nitrogens with zero attached hydrogens (tertiary/aromatic N) is 2. The largest absolute Gasteiger partial charge is 2.00 e. The number of aliphatic carboxylic acids is 4. The van der Waals surface area contributed by atoms with Crippen molar-refractivity contribution in [1.29, 1.82) is 0 Å². The maximum absolute atomic E-state index is 10.6. The molecule has 0 saturated heterocycles. The van der Waals surface area contributed by atoms with E-state index in [0.29, 0.717) is 0 Å². The number of carbonyl (C=O) groups is 4. The number of rotatable bonds is 11. The third kappa shape index (κ3) is 13.1. The Kier molecular flexibility index (Phi) is 11.3. The maximum Gasteiger partial charge on any atom is 2.00 e. The van der Waals surface area contributed by atoms with E-state index in [1.54, 1.807) is 0 Å². The Bertz CT molecular complexity index is 321. The van der Waals surface area contributed by atoms with E-state index >= 15 is 0 Å². The van der Waals surface area contributed by atoms with Crippen LogP contribution in [-0.4, -0.2) is 93.4 Å². The Morgan fingerprint density at radius 3 is 0.905 bits per heavy atom. The third-order valence-electron chi connectivity index (χ3n) is 2.17. The van der Waals surface area contributed by atoms with Gasteiger partial charge in [-0.1, -0.05) is 0 Å². The zero-order valence-corrected chi connectivity index (χ0v) is 11.9. The molecule has 4 N–H and O–H groups in total. The summed E-state index contributed by atoms with van der Waals surface area (Å²) >= 11 is 0. The Morgan fingerprint density at radius 2 is 0.762 bits per heavy atom. The van der Waals surface area contributed by atoms with E-state index < -0.39 is 50.1 Å². The van der Waals surface area contributed by atoms with E-state index in [0.717, 1.165) is 9.80 Å². The zero-order valence-electron chi connectivity index (χ0n) is 10.9. The van der Waals surface area contributed by atoms with Crippen LogP contribution in [0.15, 0.2) is 0 Å². The molecule has 0 amide bonds. The van der Waals surface area contributed by atoms with E-state index in [2.05, 4.69) is 0 Å². The molecule has 0 rings (SSSR count). The molecule has 0 saturated carbocycles. The van der Waals surface area contributed by atoms with E-state index in [9.17, 15) is 19.2 Å². The molecule has 0 aromatic carbocycles. The second kappa shape index (κ2) is 11.0. The van der Waals surface area contributed by atoms with Gasteiger partial charge in [0.15, 0.2) is 0 Å². The molecular weight excluding hydrogens is 335 g/mol. The smallest absolute Gasteiger partial charge is 0.480 e. The molecule has 0 aliphatic rings. The monoisotopic (exact) mass is 351 g/mol. The summed E-state index contributed by atoms with van der Waals surface area (Å²) in [7, 11) is 0. The molecule has 0 aliphatic heterocycles. The zero-order chi connectivity index (χ0) is 15.7. The van der Waals surface area contributed by atoms with Gasteiger partial charge in [0.25, 0.3) is 0 Å². The van der Waals surface area contributed by atoms with Crippen LogP contribution >= 0.6 is 0 Å². The first kappa shape index (κ1) is 21.6. The Balaban J connectivity index is 0. The first-order valence-corrected chi connectivity index (χ1v) is 5.52. The second-order valence-electron chi connectivity index (χ2n) is 4.00. The van der Waals surface area contributed by atoms with Gasteiger partial charge in [-0.05, 0) is 0 Å². The van der Waals surface area contributed by atoms with Crippen molar-refractivity contribution in [2.45, 2.75) is 0 Å². The predicted molar refractivity (Wildman–Crippen MR) is 63.4 cm³/mol. The van der Waals surface area contributed by atoms with Crippen molar-refractivity contribution in [3.8, 4) is 0 Å². The van der Waals surface area contributed by atoms with Crippen LogP contribution in [0.5, 0.6) is 0 Å². The van der Waals surface area contributed by atoms with Crippen molar-refractivity contribution >= 4 is 23.9 Å². The van der Waals surface area contributed by atoms with Crippen molar-refractivity contribution in [2.75, 3.05) is 39.3 Å². The van der Waals surface area contributed by atoms with Gasteiger partial charge in [-0.3, -0.25) is 29.0 Å². The topological polar surface area (TPSA) is 156 Å². The molecular formula is C10H16CoN2O8+2. The standard InChI is InChI=1S/C10H16N2O8.Co/c13-7(14)3-11(4-8(15)16)1-2-12(5-9(17)18)6-10(19)20;/h1-6H2,(H,13,14)(H,15,16)(H,17,18)(H,19,20);/q;+2. The summed E-state index contributed by atoms with van der Waals surface area (Å²) in [5, 5.41) is 34.5. The van der Waals surface area contributed by atoms with Crippen LogP contribution in [0.25, 0.3) is 0 Å². The van der Waals surface area contributed by atoms with Crippen LogP contribution in [-0.2, 0) is 36.0 Å². The van der Waals surface area contributed by atoms with Crippen molar-refractivity contribution in [1.82, 2.24) is 9.80 Å². The van der Waals surface area contributed by atoms with Crippen molar-refractivity contribution < 1.29 is 56.4 Å². The SMILES string of the molecule is O=C(O)CN(CCN(CC(=O)O)CC(=O)O)CC(=O)O.[Co+2]. The van der Waals surface area contributed by atoms with E-state index in [1.165, 1.54) is 0 Å². The number of hydrogen-bond donors (Lipinski definition) is 4. The van der Waals surface area contributed by atoms with Gasteiger partial charge in [0.1, 0.15) is 0 Å². The summed E-state index contributed by atoms with van der Waals surface area (Å²) < 4.78 is 0.